The SMILES string of the molecule is CCCCC(CC)CC(NCC)c1ccccc1F. The summed E-state index contributed by atoms with van der Waals surface area (Å²) in [6, 6.07) is 7.31. The average molecular weight is 265 g/mol. The van der Waals surface area contributed by atoms with E-state index in [0.717, 1.165) is 18.5 Å². The largest absolute Gasteiger partial charge is 0.310 e. The standard InChI is InChI=1S/C17H28FN/c1-4-7-10-14(5-2)13-17(19-6-3)15-11-8-9-12-16(15)18/h8-9,11-12,14,17,19H,4-7,10,13H2,1-3H3. The molecule has 2 unspecified atom stereocenters. The van der Waals surface area contributed by atoms with E-state index in [4.69, 9.17) is 0 Å². The smallest absolute Gasteiger partial charge is 0.127 e. The van der Waals surface area contributed by atoms with Crippen molar-refractivity contribution in [3.8, 4) is 0 Å². The fourth-order valence-electron chi connectivity index (χ4n) is 2.64. The van der Waals surface area contributed by atoms with Gasteiger partial charge >= 0.3 is 0 Å². The molecule has 1 aromatic carbocycles. The molecule has 0 spiro atoms. The molecule has 2 atom stereocenters. The van der Waals surface area contributed by atoms with Crippen LogP contribution < -0.4 is 5.32 Å². The van der Waals surface area contributed by atoms with E-state index in [0.29, 0.717) is 5.92 Å². The fraction of sp³-hybridized carbons (Fsp3) is 0.647. The van der Waals surface area contributed by atoms with Crippen molar-refractivity contribution in [2.75, 3.05) is 6.54 Å². The maximum Gasteiger partial charge on any atom is 0.127 e. The molecule has 0 amide bonds. The van der Waals surface area contributed by atoms with Gasteiger partial charge in [-0.1, -0.05) is 64.7 Å². The van der Waals surface area contributed by atoms with E-state index in [1.54, 1.807) is 12.1 Å². The molecule has 0 aliphatic rings. The van der Waals surface area contributed by atoms with Crippen LogP contribution in [0.4, 0.5) is 4.39 Å². The zero-order chi connectivity index (χ0) is 14.1. The maximum atomic E-state index is 13.9. The molecule has 1 nitrogen and oxygen atoms in total. The van der Waals surface area contributed by atoms with Gasteiger partial charge in [0.25, 0.3) is 0 Å². The van der Waals surface area contributed by atoms with Gasteiger partial charge in [-0.15, -0.1) is 0 Å². The Labute approximate surface area is 117 Å². The Morgan fingerprint density at radius 2 is 1.89 bits per heavy atom. The van der Waals surface area contributed by atoms with Gasteiger partial charge < -0.3 is 5.32 Å². The highest BCUT2D eigenvalue weighted by atomic mass is 19.1. The predicted octanol–water partition coefficient (Wildman–Crippen LogP) is 5.08. The van der Waals surface area contributed by atoms with Crippen LogP contribution in [0, 0.1) is 11.7 Å². The number of halogens is 1. The van der Waals surface area contributed by atoms with Gasteiger partial charge in [0.1, 0.15) is 5.82 Å². The van der Waals surface area contributed by atoms with E-state index in [-0.39, 0.29) is 11.9 Å². The van der Waals surface area contributed by atoms with Crippen molar-refractivity contribution in [2.24, 2.45) is 5.92 Å². The summed E-state index contributed by atoms with van der Waals surface area (Å²) in [4.78, 5) is 0. The lowest BCUT2D eigenvalue weighted by Gasteiger charge is -2.24. The van der Waals surface area contributed by atoms with Gasteiger partial charge in [0.05, 0.1) is 0 Å². The minimum absolute atomic E-state index is 0.0844. The minimum atomic E-state index is -0.0844. The molecule has 19 heavy (non-hydrogen) atoms. The van der Waals surface area contributed by atoms with Gasteiger partial charge in [-0.2, -0.15) is 0 Å². The van der Waals surface area contributed by atoms with E-state index >= 15 is 0 Å². The van der Waals surface area contributed by atoms with Gasteiger partial charge in [-0.05, 0) is 24.9 Å². The summed E-state index contributed by atoms with van der Waals surface area (Å²) in [5.41, 5.74) is 0.819. The summed E-state index contributed by atoms with van der Waals surface area (Å²) in [5.74, 6) is 0.599. The number of hydrogen-bond donors (Lipinski definition) is 1. The van der Waals surface area contributed by atoms with Crippen molar-refractivity contribution in [1.29, 1.82) is 0 Å². The van der Waals surface area contributed by atoms with Crippen molar-refractivity contribution in [3.05, 3.63) is 35.6 Å². The Hall–Kier alpha value is -0.890. The highest BCUT2D eigenvalue weighted by molar-refractivity contribution is 5.21. The molecule has 0 aliphatic carbocycles. The number of hydrogen-bond acceptors (Lipinski definition) is 1. The molecule has 0 aromatic heterocycles. The highest BCUT2D eigenvalue weighted by Crippen LogP contribution is 2.28. The lowest BCUT2D eigenvalue weighted by molar-refractivity contribution is 0.351. The van der Waals surface area contributed by atoms with Crippen LogP contribution >= 0.6 is 0 Å². The van der Waals surface area contributed by atoms with Gasteiger partial charge in [0.15, 0.2) is 0 Å². The van der Waals surface area contributed by atoms with Crippen molar-refractivity contribution >= 4 is 0 Å². The molecule has 0 fully saturated rings. The van der Waals surface area contributed by atoms with Crippen LogP contribution in [0.3, 0.4) is 0 Å². The van der Waals surface area contributed by atoms with Crippen LogP contribution in [0.5, 0.6) is 0 Å². The third-order valence-electron chi connectivity index (χ3n) is 3.84. The summed E-state index contributed by atoms with van der Waals surface area (Å²) in [7, 11) is 0. The van der Waals surface area contributed by atoms with E-state index in [2.05, 4.69) is 26.1 Å². The van der Waals surface area contributed by atoms with E-state index < -0.39 is 0 Å². The lowest BCUT2D eigenvalue weighted by Crippen LogP contribution is -2.24. The Morgan fingerprint density at radius 3 is 2.47 bits per heavy atom. The molecule has 0 radical (unpaired) electrons. The normalized spacial score (nSPS) is 14.3. The third-order valence-corrected chi connectivity index (χ3v) is 3.84. The Morgan fingerprint density at radius 1 is 1.16 bits per heavy atom. The summed E-state index contributed by atoms with van der Waals surface area (Å²) in [5, 5.41) is 3.44. The fourth-order valence-corrected chi connectivity index (χ4v) is 2.64. The summed E-state index contributed by atoms with van der Waals surface area (Å²) in [6.45, 7) is 7.43. The molecule has 0 bridgehead atoms. The topological polar surface area (TPSA) is 12.0 Å². The third kappa shape index (κ3) is 5.32. The van der Waals surface area contributed by atoms with Crippen molar-refractivity contribution in [3.63, 3.8) is 0 Å². The quantitative estimate of drug-likeness (QED) is 0.656. The summed E-state index contributed by atoms with van der Waals surface area (Å²) >= 11 is 0. The van der Waals surface area contributed by atoms with Gasteiger partial charge in [-0.25, -0.2) is 4.39 Å². The van der Waals surface area contributed by atoms with Crippen LogP contribution in [0.25, 0.3) is 0 Å². The first kappa shape index (κ1) is 16.2. The van der Waals surface area contributed by atoms with Gasteiger partial charge in [0, 0.05) is 11.6 Å². The Balaban J connectivity index is 2.74. The average Bonchev–Trinajstić information content (AvgIpc) is 2.43. The van der Waals surface area contributed by atoms with Gasteiger partial charge in [-0.3, -0.25) is 0 Å². The Bertz CT molecular complexity index is 351. The molecule has 1 aromatic rings. The number of nitrogens with one attached hydrogen (secondary N) is 1. The molecule has 0 saturated heterocycles. The van der Waals surface area contributed by atoms with E-state index in [1.807, 2.05) is 12.1 Å². The van der Waals surface area contributed by atoms with Crippen LogP contribution in [-0.2, 0) is 0 Å². The molecule has 0 aliphatic heterocycles. The first-order valence-corrected chi connectivity index (χ1v) is 7.70. The molecule has 2 heteroatoms. The first-order chi connectivity index (χ1) is 9.22. The zero-order valence-corrected chi connectivity index (χ0v) is 12.6. The second-order valence-electron chi connectivity index (χ2n) is 5.28. The second-order valence-corrected chi connectivity index (χ2v) is 5.28. The zero-order valence-electron chi connectivity index (χ0n) is 12.6. The molecule has 108 valence electrons. The number of rotatable bonds is 9. The maximum absolute atomic E-state index is 13.9. The van der Waals surface area contributed by atoms with Crippen LogP contribution in [0.1, 0.15) is 64.5 Å². The van der Waals surface area contributed by atoms with Crippen LogP contribution in [-0.4, -0.2) is 6.54 Å². The van der Waals surface area contributed by atoms with Crippen molar-refractivity contribution < 1.29 is 4.39 Å². The first-order valence-electron chi connectivity index (χ1n) is 7.70. The van der Waals surface area contributed by atoms with E-state index in [9.17, 15) is 4.39 Å². The number of benzene rings is 1. The van der Waals surface area contributed by atoms with Crippen LogP contribution in [0.15, 0.2) is 24.3 Å². The molecule has 0 heterocycles. The molecule has 1 rings (SSSR count). The second kappa shape index (κ2) is 9.08. The predicted molar refractivity (Wildman–Crippen MR) is 80.7 cm³/mol. The van der Waals surface area contributed by atoms with E-state index in [1.165, 1.54) is 25.7 Å². The highest BCUT2D eigenvalue weighted by Gasteiger charge is 2.18. The van der Waals surface area contributed by atoms with Crippen molar-refractivity contribution in [1.82, 2.24) is 5.32 Å². The van der Waals surface area contributed by atoms with Crippen LogP contribution in [0.2, 0.25) is 0 Å². The monoisotopic (exact) mass is 265 g/mol. The minimum Gasteiger partial charge on any atom is -0.310 e. The summed E-state index contributed by atoms with van der Waals surface area (Å²) < 4.78 is 13.9. The van der Waals surface area contributed by atoms with Crippen molar-refractivity contribution in [2.45, 2.75) is 58.9 Å². The summed E-state index contributed by atoms with van der Waals surface area (Å²) in [6.07, 6.45) is 5.97. The lowest BCUT2D eigenvalue weighted by atomic mass is 9.89. The molecular weight excluding hydrogens is 237 g/mol. The van der Waals surface area contributed by atoms with Gasteiger partial charge in [0.2, 0.25) is 0 Å². The number of unbranched alkanes of at least 4 members (excludes halogenated alkanes) is 1. The molecular formula is C17H28FN. The Kier molecular flexibility index (Phi) is 7.73. The molecule has 1 N–H and O–H groups in total. The molecule has 0 saturated carbocycles.